The Labute approximate surface area is 158 Å². The van der Waals surface area contributed by atoms with E-state index in [0.29, 0.717) is 6.17 Å². The molecule has 2 aromatic heterocycles. The standard InChI is InChI=1S/C22H24N4O/c1-27-15-5-6-18-17(14-15)16-7-11-26-21(19-4-2-3-10-23-19)25-12-8-22(26,9-13-25)20(16)24-18/h2-6,10,14,21,24H,7-9,11-13H2,1H3/t21-/m1/s1. The van der Waals surface area contributed by atoms with Crippen LogP contribution in [0.25, 0.3) is 10.9 Å². The Bertz CT molecular complexity index is 1000. The number of pyridine rings is 1. The van der Waals surface area contributed by atoms with Crippen LogP contribution in [0.4, 0.5) is 0 Å². The first-order valence-electron chi connectivity index (χ1n) is 9.91. The molecule has 2 bridgehead atoms. The van der Waals surface area contributed by atoms with E-state index in [4.69, 9.17) is 9.72 Å². The van der Waals surface area contributed by atoms with E-state index in [-0.39, 0.29) is 5.54 Å². The van der Waals surface area contributed by atoms with Crippen LogP contribution in [0.2, 0.25) is 0 Å². The second-order valence-electron chi connectivity index (χ2n) is 8.03. The Morgan fingerprint density at radius 2 is 2.04 bits per heavy atom. The van der Waals surface area contributed by atoms with Crippen molar-refractivity contribution in [1.82, 2.24) is 19.8 Å². The average molecular weight is 360 g/mol. The molecule has 6 heterocycles. The van der Waals surface area contributed by atoms with Crippen molar-refractivity contribution in [3.63, 3.8) is 0 Å². The Kier molecular flexibility index (Phi) is 3.23. The van der Waals surface area contributed by atoms with Crippen LogP contribution in [0.15, 0.2) is 42.6 Å². The van der Waals surface area contributed by atoms with E-state index in [2.05, 4.69) is 45.1 Å². The Morgan fingerprint density at radius 3 is 2.81 bits per heavy atom. The van der Waals surface area contributed by atoms with Crippen molar-refractivity contribution in [3.8, 4) is 5.75 Å². The SMILES string of the molecule is COc1ccc2[nH]c3c(c2c1)CCN1[C@H](c2ccccn2)N2CCC31CC2. The summed E-state index contributed by atoms with van der Waals surface area (Å²) in [5.41, 5.74) is 5.46. The van der Waals surface area contributed by atoms with Gasteiger partial charge in [0.1, 0.15) is 11.9 Å². The van der Waals surface area contributed by atoms with E-state index in [0.717, 1.165) is 31.8 Å². The van der Waals surface area contributed by atoms with Crippen LogP contribution in [-0.4, -0.2) is 46.5 Å². The van der Waals surface area contributed by atoms with Crippen molar-refractivity contribution in [2.24, 2.45) is 0 Å². The van der Waals surface area contributed by atoms with Gasteiger partial charge in [-0.05, 0) is 55.2 Å². The Hall–Kier alpha value is -2.37. The maximum Gasteiger partial charge on any atom is 0.119 e. The quantitative estimate of drug-likeness (QED) is 0.760. The van der Waals surface area contributed by atoms with Gasteiger partial charge in [-0.15, -0.1) is 0 Å². The normalized spacial score (nSPS) is 29.5. The zero-order chi connectivity index (χ0) is 18.0. The smallest absolute Gasteiger partial charge is 0.119 e. The molecule has 27 heavy (non-hydrogen) atoms. The fourth-order valence-electron chi connectivity index (χ4n) is 5.71. The number of H-pyrrole nitrogens is 1. The molecule has 0 amide bonds. The van der Waals surface area contributed by atoms with E-state index in [9.17, 15) is 0 Å². The van der Waals surface area contributed by atoms with Gasteiger partial charge in [0.15, 0.2) is 0 Å². The van der Waals surface area contributed by atoms with Crippen molar-refractivity contribution < 1.29 is 4.74 Å². The van der Waals surface area contributed by atoms with Crippen LogP contribution < -0.4 is 4.74 Å². The molecule has 5 nitrogen and oxygen atoms in total. The minimum Gasteiger partial charge on any atom is -0.497 e. The van der Waals surface area contributed by atoms with Crippen LogP contribution in [0, 0.1) is 0 Å². The molecule has 3 saturated heterocycles. The number of fused-ring (bicyclic) bond motifs is 5. The van der Waals surface area contributed by atoms with Crippen LogP contribution in [0.5, 0.6) is 5.75 Å². The molecule has 138 valence electrons. The van der Waals surface area contributed by atoms with Crippen molar-refractivity contribution in [3.05, 3.63) is 59.5 Å². The summed E-state index contributed by atoms with van der Waals surface area (Å²) in [6, 6.07) is 12.7. The van der Waals surface area contributed by atoms with Crippen LogP contribution in [0.1, 0.15) is 36.0 Å². The molecular formula is C22H24N4O. The van der Waals surface area contributed by atoms with Gasteiger partial charge in [-0.2, -0.15) is 0 Å². The minimum absolute atomic E-state index is 0.108. The van der Waals surface area contributed by atoms with Crippen molar-refractivity contribution >= 4 is 10.9 Å². The van der Waals surface area contributed by atoms with Gasteiger partial charge in [-0.1, -0.05) is 6.07 Å². The summed E-state index contributed by atoms with van der Waals surface area (Å²) >= 11 is 0. The molecule has 3 aromatic rings. The second kappa shape index (κ2) is 5.57. The maximum absolute atomic E-state index is 5.48. The number of benzene rings is 1. The highest BCUT2D eigenvalue weighted by atomic mass is 16.5. The number of piperidine rings is 1. The lowest BCUT2D eigenvalue weighted by Gasteiger charge is -2.61. The van der Waals surface area contributed by atoms with Gasteiger partial charge in [0.05, 0.1) is 18.3 Å². The molecule has 3 fully saturated rings. The minimum atomic E-state index is 0.108. The van der Waals surface area contributed by atoms with Gasteiger partial charge in [-0.25, -0.2) is 0 Å². The highest BCUT2D eigenvalue weighted by molar-refractivity contribution is 5.87. The molecule has 1 N–H and O–H groups in total. The average Bonchev–Trinajstić information content (AvgIpc) is 3.13. The topological polar surface area (TPSA) is 44.4 Å². The molecule has 5 heteroatoms. The number of rotatable bonds is 2. The van der Waals surface area contributed by atoms with Crippen molar-refractivity contribution in [2.45, 2.75) is 31.0 Å². The molecule has 1 spiro atoms. The first-order chi connectivity index (χ1) is 13.3. The van der Waals surface area contributed by atoms with Gasteiger partial charge >= 0.3 is 0 Å². The molecular weight excluding hydrogens is 336 g/mol. The molecule has 1 aromatic carbocycles. The Morgan fingerprint density at radius 1 is 1.15 bits per heavy atom. The summed E-state index contributed by atoms with van der Waals surface area (Å²) in [6.45, 7) is 3.35. The first kappa shape index (κ1) is 15.7. The first-order valence-corrected chi connectivity index (χ1v) is 9.91. The number of hydrogen-bond acceptors (Lipinski definition) is 4. The molecule has 4 aliphatic heterocycles. The number of ether oxygens (including phenoxy) is 1. The predicted octanol–water partition coefficient (Wildman–Crippen LogP) is 3.43. The van der Waals surface area contributed by atoms with Gasteiger partial charge in [0.25, 0.3) is 0 Å². The van der Waals surface area contributed by atoms with E-state index in [1.807, 2.05) is 12.3 Å². The maximum atomic E-state index is 5.48. The van der Waals surface area contributed by atoms with E-state index < -0.39 is 0 Å². The summed E-state index contributed by atoms with van der Waals surface area (Å²) in [5.74, 6) is 0.939. The number of aromatic nitrogens is 2. The summed E-state index contributed by atoms with van der Waals surface area (Å²) in [4.78, 5) is 13.9. The fraction of sp³-hybridized carbons (Fsp3) is 0.409. The number of nitrogens with one attached hydrogen (secondary N) is 1. The van der Waals surface area contributed by atoms with Gasteiger partial charge in [-0.3, -0.25) is 14.8 Å². The molecule has 0 aliphatic carbocycles. The zero-order valence-electron chi connectivity index (χ0n) is 15.6. The lowest BCUT2D eigenvalue weighted by atomic mass is 9.74. The van der Waals surface area contributed by atoms with Crippen molar-refractivity contribution in [1.29, 1.82) is 0 Å². The molecule has 0 unspecified atom stereocenters. The molecule has 0 radical (unpaired) electrons. The van der Waals surface area contributed by atoms with Crippen LogP contribution >= 0.6 is 0 Å². The number of hydrogen-bond donors (Lipinski definition) is 1. The van der Waals surface area contributed by atoms with E-state index in [1.54, 1.807) is 7.11 Å². The lowest BCUT2D eigenvalue weighted by molar-refractivity contribution is -0.150. The van der Waals surface area contributed by atoms with Gasteiger partial charge in [0.2, 0.25) is 0 Å². The predicted molar refractivity (Wildman–Crippen MR) is 105 cm³/mol. The third kappa shape index (κ3) is 2.04. The molecule has 1 atom stereocenters. The van der Waals surface area contributed by atoms with Gasteiger partial charge in [0, 0.05) is 42.4 Å². The number of aromatic amines is 1. The van der Waals surface area contributed by atoms with E-state index >= 15 is 0 Å². The number of nitrogens with zero attached hydrogens (tertiary/aromatic N) is 3. The zero-order valence-corrected chi connectivity index (χ0v) is 15.6. The molecule has 0 saturated carbocycles. The fourth-order valence-corrected chi connectivity index (χ4v) is 5.71. The largest absolute Gasteiger partial charge is 0.497 e. The lowest BCUT2D eigenvalue weighted by Crippen LogP contribution is -2.66. The summed E-state index contributed by atoms with van der Waals surface area (Å²) in [6.07, 6.45) is 5.67. The Balaban J connectivity index is 1.52. The van der Waals surface area contributed by atoms with Crippen LogP contribution in [-0.2, 0) is 12.0 Å². The third-order valence-corrected chi connectivity index (χ3v) is 6.95. The van der Waals surface area contributed by atoms with Crippen LogP contribution in [0.3, 0.4) is 0 Å². The number of methoxy groups -OCH3 is 1. The van der Waals surface area contributed by atoms with E-state index in [1.165, 1.54) is 40.7 Å². The third-order valence-electron chi connectivity index (χ3n) is 6.95. The van der Waals surface area contributed by atoms with Gasteiger partial charge < -0.3 is 9.72 Å². The highest BCUT2D eigenvalue weighted by Gasteiger charge is 2.55. The summed E-state index contributed by atoms with van der Waals surface area (Å²) in [7, 11) is 1.75. The summed E-state index contributed by atoms with van der Waals surface area (Å²) < 4.78 is 5.48. The summed E-state index contributed by atoms with van der Waals surface area (Å²) in [5, 5.41) is 1.33. The monoisotopic (exact) mass is 360 g/mol. The highest BCUT2D eigenvalue weighted by Crippen LogP contribution is 2.53. The molecule has 4 aliphatic rings. The second-order valence-corrected chi connectivity index (χ2v) is 8.03. The van der Waals surface area contributed by atoms with Crippen molar-refractivity contribution in [2.75, 3.05) is 26.7 Å². The molecule has 7 rings (SSSR count).